The molecule has 108 valence electrons. The van der Waals surface area contributed by atoms with E-state index in [-0.39, 0.29) is 11.9 Å². The van der Waals surface area contributed by atoms with Crippen LogP contribution < -0.4 is 5.32 Å². The maximum Gasteiger partial charge on any atom is 0.224 e. The number of hydrogen-bond donors (Lipinski definition) is 2. The molecule has 1 unspecified atom stereocenters. The molecule has 1 aromatic carbocycles. The average molecular weight is 337 g/mol. The van der Waals surface area contributed by atoms with E-state index in [1.165, 1.54) is 0 Å². The van der Waals surface area contributed by atoms with Gasteiger partial charge in [-0.3, -0.25) is 4.79 Å². The number of fused-ring (bicyclic) bond motifs is 1. The van der Waals surface area contributed by atoms with Crippen LogP contribution in [-0.4, -0.2) is 16.9 Å². The number of nitrogens with one attached hydrogen (secondary N) is 2. The third-order valence-electron chi connectivity index (χ3n) is 3.55. The van der Waals surface area contributed by atoms with Crippen LogP contribution >= 0.6 is 15.9 Å². The molecule has 0 aliphatic carbocycles. The number of H-pyrrole nitrogens is 1. The summed E-state index contributed by atoms with van der Waals surface area (Å²) in [5.41, 5.74) is 3.23. The van der Waals surface area contributed by atoms with Crippen molar-refractivity contribution >= 4 is 32.7 Å². The lowest BCUT2D eigenvalue weighted by Gasteiger charge is -2.12. The average Bonchev–Trinajstić information content (AvgIpc) is 2.66. The molecule has 0 saturated heterocycles. The highest BCUT2D eigenvalue weighted by molar-refractivity contribution is 9.10. The Morgan fingerprint density at radius 2 is 2.20 bits per heavy atom. The van der Waals surface area contributed by atoms with E-state index in [2.05, 4.69) is 46.1 Å². The summed E-state index contributed by atoms with van der Waals surface area (Å²) in [7, 11) is 0. The fourth-order valence-corrected chi connectivity index (χ4v) is 2.94. The first-order chi connectivity index (χ1) is 9.51. The number of amides is 1. The lowest BCUT2D eigenvalue weighted by atomic mass is 10.1. The lowest BCUT2D eigenvalue weighted by Crippen LogP contribution is -2.33. The fourth-order valence-electron chi connectivity index (χ4n) is 2.57. The van der Waals surface area contributed by atoms with Gasteiger partial charge in [0.2, 0.25) is 5.91 Å². The van der Waals surface area contributed by atoms with Crippen molar-refractivity contribution in [3.8, 4) is 0 Å². The van der Waals surface area contributed by atoms with Crippen molar-refractivity contribution in [2.75, 3.05) is 0 Å². The van der Waals surface area contributed by atoms with Crippen LogP contribution in [0.25, 0.3) is 10.9 Å². The van der Waals surface area contributed by atoms with Gasteiger partial charge < -0.3 is 10.3 Å². The van der Waals surface area contributed by atoms with Crippen LogP contribution in [0.3, 0.4) is 0 Å². The normalized spacial score (nSPS) is 12.6. The van der Waals surface area contributed by atoms with Crippen molar-refractivity contribution in [2.24, 2.45) is 0 Å². The SMILES string of the molecule is CCCC(C)NC(=O)Cc1c(C)[nH]c2ccc(Br)cc12. The van der Waals surface area contributed by atoms with Crippen LogP contribution in [0, 0.1) is 6.92 Å². The van der Waals surface area contributed by atoms with E-state index in [1.54, 1.807) is 0 Å². The monoisotopic (exact) mass is 336 g/mol. The molecule has 0 fully saturated rings. The van der Waals surface area contributed by atoms with Gasteiger partial charge in [0.1, 0.15) is 0 Å². The Labute approximate surface area is 128 Å². The van der Waals surface area contributed by atoms with E-state index in [0.29, 0.717) is 6.42 Å². The molecular formula is C16H21BrN2O. The third kappa shape index (κ3) is 3.42. The van der Waals surface area contributed by atoms with Gasteiger partial charge in [-0.25, -0.2) is 0 Å². The van der Waals surface area contributed by atoms with Crippen LogP contribution in [0.1, 0.15) is 37.9 Å². The molecule has 0 aliphatic rings. The molecule has 1 aromatic heterocycles. The molecule has 2 aromatic rings. The molecule has 2 N–H and O–H groups in total. The summed E-state index contributed by atoms with van der Waals surface area (Å²) < 4.78 is 1.03. The first-order valence-electron chi connectivity index (χ1n) is 7.07. The molecule has 4 heteroatoms. The zero-order chi connectivity index (χ0) is 14.7. The van der Waals surface area contributed by atoms with Crippen LogP contribution in [-0.2, 0) is 11.2 Å². The van der Waals surface area contributed by atoms with Crippen molar-refractivity contribution in [2.45, 2.75) is 46.1 Å². The van der Waals surface area contributed by atoms with Gasteiger partial charge in [0.15, 0.2) is 0 Å². The smallest absolute Gasteiger partial charge is 0.224 e. The molecule has 0 aliphatic heterocycles. The third-order valence-corrected chi connectivity index (χ3v) is 4.04. The number of aromatic nitrogens is 1. The summed E-state index contributed by atoms with van der Waals surface area (Å²) >= 11 is 3.49. The number of hydrogen-bond acceptors (Lipinski definition) is 1. The maximum atomic E-state index is 12.1. The second kappa shape index (κ2) is 6.44. The molecule has 1 atom stereocenters. The first-order valence-corrected chi connectivity index (χ1v) is 7.86. The number of benzene rings is 1. The fraction of sp³-hybridized carbons (Fsp3) is 0.438. The summed E-state index contributed by atoms with van der Waals surface area (Å²) in [6, 6.07) is 6.35. The number of aromatic amines is 1. The summed E-state index contributed by atoms with van der Waals surface area (Å²) in [5.74, 6) is 0.0925. The molecule has 3 nitrogen and oxygen atoms in total. The van der Waals surface area contributed by atoms with Crippen LogP contribution in [0.2, 0.25) is 0 Å². The Bertz CT molecular complexity index is 618. The largest absolute Gasteiger partial charge is 0.358 e. The molecule has 0 bridgehead atoms. The van der Waals surface area contributed by atoms with Crippen molar-refractivity contribution in [3.05, 3.63) is 33.9 Å². The van der Waals surface area contributed by atoms with Crippen LogP contribution in [0.15, 0.2) is 22.7 Å². The Kier molecular flexibility index (Phi) is 4.86. The predicted molar refractivity (Wildman–Crippen MR) is 87.0 cm³/mol. The summed E-state index contributed by atoms with van der Waals surface area (Å²) in [5, 5.41) is 4.18. The van der Waals surface area contributed by atoms with Crippen molar-refractivity contribution in [3.63, 3.8) is 0 Å². The minimum absolute atomic E-state index is 0.0925. The van der Waals surface area contributed by atoms with E-state index >= 15 is 0 Å². The van der Waals surface area contributed by atoms with E-state index in [0.717, 1.165) is 39.5 Å². The number of aryl methyl sites for hydroxylation is 1. The second-order valence-electron chi connectivity index (χ2n) is 5.35. The first kappa shape index (κ1) is 15.1. The second-order valence-corrected chi connectivity index (χ2v) is 6.27. The van der Waals surface area contributed by atoms with E-state index < -0.39 is 0 Å². The molecule has 0 spiro atoms. The number of carbonyl (C=O) groups is 1. The van der Waals surface area contributed by atoms with Crippen LogP contribution in [0.4, 0.5) is 0 Å². The quantitative estimate of drug-likeness (QED) is 0.848. The Hall–Kier alpha value is -1.29. The highest BCUT2D eigenvalue weighted by atomic mass is 79.9. The Balaban J connectivity index is 2.18. The summed E-state index contributed by atoms with van der Waals surface area (Å²) in [6.45, 7) is 6.20. The molecule has 0 radical (unpaired) electrons. The number of halogens is 1. The van der Waals surface area contributed by atoms with Gasteiger partial charge in [-0.2, -0.15) is 0 Å². The number of rotatable bonds is 5. The molecule has 1 heterocycles. The summed E-state index contributed by atoms with van der Waals surface area (Å²) in [4.78, 5) is 15.5. The van der Waals surface area contributed by atoms with E-state index in [4.69, 9.17) is 0 Å². The summed E-state index contributed by atoms with van der Waals surface area (Å²) in [6.07, 6.45) is 2.53. The van der Waals surface area contributed by atoms with Gasteiger partial charge in [-0.15, -0.1) is 0 Å². The van der Waals surface area contributed by atoms with Crippen molar-refractivity contribution in [1.29, 1.82) is 0 Å². The molecule has 20 heavy (non-hydrogen) atoms. The zero-order valence-electron chi connectivity index (χ0n) is 12.2. The Morgan fingerprint density at radius 1 is 1.45 bits per heavy atom. The van der Waals surface area contributed by atoms with Gasteiger partial charge in [-0.1, -0.05) is 29.3 Å². The van der Waals surface area contributed by atoms with Gasteiger partial charge in [-0.05, 0) is 44.0 Å². The van der Waals surface area contributed by atoms with Gasteiger partial charge >= 0.3 is 0 Å². The van der Waals surface area contributed by atoms with Crippen molar-refractivity contribution < 1.29 is 4.79 Å². The van der Waals surface area contributed by atoms with Gasteiger partial charge in [0.25, 0.3) is 0 Å². The van der Waals surface area contributed by atoms with Gasteiger partial charge in [0.05, 0.1) is 6.42 Å². The standard InChI is InChI=1S/C16H21BrN2O/c1-4-5-10(2)18-16(20)9-13-11(3)19-15-7-6-12(17)8-14(13)15/h6-8,10,19H,4-5,9H2,1-3H3,(H,18,20). The van der Waals surface area contributed by atoms with E-state index in [1.807, 2.05) is 19.1 Å². The van der Waals surface area contributed by atoms with E-state index in [9.17, 15) is 4.79 Å². The Morgan fingerprint density at radius 3 is 2.90 bits per heavy atom. The molecule has 0 saturated carbocycles. The van der Waals surface area contributed by atoms with Crippen molar-refractivity contribution in [1.82, 2.24) is 10.3 Å². The highest BCUT2D eigenvalue weighted by Gasteiger charge is 2.14. The number of carbonyl (C=O) groups excluding carboxylic acids is 1. The van der Waals surface area contributed by atoms with Gasteiger partial charge in [0, 0.05) is 27.1 Å². The molecular weight excluding hydrogens is 316 g/mol. The predicted octanol–water partition coefficient (Wildman–Crippen LogP) is 4.09. The topological polar surface area (TPSA) is 44.9 Å². The van der Waals surface area contributed by atoms with Crippen LogP contribution in [0.5, 0.6) is 0 Å². The highest BCUT2D eigenvalue weighted by Crippen LogP contribution is 2.26. The molecule has 1 amide bonds. The minimum atomic E-state index is 0.0925. The minimum Gasteiger partial charge on any atom is -0.358 e. The zero-order valence-corrected chi connectivity index (χ0v) is 13.8. The molecule has 2 rings (SSSR count). The lowest BCUT2D eigenvalue weighted by molar-refractivity contribution is -0.121. The maximum absolute atomic E-state index is 12.1.